The van der Waals surface area contributed by atoms with Crippen LogP contribution in [0.15, 0.2) is 35.2 Å². The lowest BCUT2D eigenvalue weighted by molar-refractivity contribution is -0.146. The van der Waals surface area contributed by atoms with E-state index in [1.54, 1.807) is 12.1 Å². The van der Waals surface area contributed by atoms with Gasteiger partial charge in [0.2, 0.25) is 10.0 Å². The fraction of sp³-hybridized carbons (Fsp3) is 0.429. The first kappa shape index (κ1) is 22.5. The van der Waals surface area contributed by atoms with Crippen molar-refractivity contribution >= 4 is 38.9 Å². The monoisotopic (exact) mass is 450 g/mol. The Morgan fingerprint density at radius 1 is 1.27 bits per heavy atom. The van der Waals surface area contributed by atoms with E-state index < -0.39 is 15.9 Å². The van der Waals surface area contributed by atoms with Gasteiger partial charge in [-0.2, -0.15) is 4.31 Å². The molecular weight excluding hydrogens is 424 g/mol. The lowest BCUT2D eigenvalue weighted by atomic mass is 10.0. The molecule has 1 aromatic heterocycles. The average Bonchev–Trinajstić information content (AvgIpc) is 3.14. The van der Waals surface area contributed by atoms with Crippen molar-refractivity contribution in [2.45, 2.75) is 38.0 Å². The minimum absolute atomic E-state index is 0.116. The van der Waals surface area contributed by atoms with Crippen LogP contribution >= 0.6 is 11.3 Å². The predicted molar refractivity (Wildman–Crippen MR) is 116 cm³/mol. The van der Waals surface area contributed by atoms with Crippen LogP contribution in [0, 0.1) is 12.8 Å². The number of hydrogen-bond donors (Lipinski definition) is 1. The summed E-state index contributed by atoms with van der Waals surface area (Å²) in [6.45, 7) is 4.52. The molecule has 1 amide bonds. The van der Waals surface area contributed by atoms with Crippen molar-refractivity contribution in [2.24, 2.45) is 5.92 Å². The number of carbonyl (C=O) groups is 2. The van der Waals surface area contributed by atoms with Crippen LogP contribution in [0.3, 0.4) is 0 Å². The Balaban J connectivity index is 1.71. The number of nitrogens with one attached hydrogen (secondary N) is 1. The smallest absolute Gasteiger partial charge is 0.309 e. The molecule has 0 radical (unpaired) electrons. The van der Waals surface area contributed by atoms with E-state index in [0.29, 0.717) is 30.0 Å². The Kier molecular flexibility index (Phi) is 6.95. The van der Waals surface area contributed by atoms with Gasteiger partial charge in [-0.1, -0.05) is 6.92 Å². The molecule has 2 heterocycles. The molecule has 0 saturated carbocycles. The number of benzene rings is 1. The number of carbonyl (C=O) groups excluding carboxylic acids is 2. The molecule has 1 aliphatic heterocycles. The van der Waals surface area contributed by atoms with Crippen LogP contribution in [0.5, 0.6) is 0 Å². The van der Waals surface area contributed by atoms with E-state index in [1.807, 2.05) is 13.0 Å². The van der Waals surface area contributed by atoms with Crippen molar-refractivity contribution in [1.29, 1.82) is 0 Å². The number of hydrogen-bond acceptors (Lipinski definition) is 6. The molecule has 7 nitrogen and oxygen atoms in total. The molecule has 2 aromatic rings. The van der Waals surface area contributed by atoms with E-state index in [9.17, 15) is 18.0 Å². The van der Waals surface area contributed by atoms with Gasteiger partial charge in [0.15, 0.2) is 0 Å². The predicted octanol–water partition coefficient (Wildman–Crippen LogP) is 3.44. The second kappa shape index (κ2) is 9.28. The van der Waals surface area contributed by atoms with Crippen molar-refractivity contribution in [3.8, 4) is 0 Å². The highest BCUT2D eigenvalue weighted by Crippen LogP contribution is 2.26. The first-order chi connectivity index (χ1) is 14.3. The minimum atomic E-state index is -3.72. The molecule has 30 heavy (non-hydrogen) atoms. The third-order valence-electron chi connectivity index (χ3n) is 5.23. The molecule has 0 bridgehead atoms. The number of piperidine rings is 1. The standard InChI is InChI=1S/C21H26N2O5S2/c1-4-18-14(2)12-19(29-18)20(24)22-16-7-9-17(10-8-16)30(26,27)23-11-5-6-15(13-23)21(25)28-3/h7-10,12,15H,4-6,11,13H2,1-3H3,(H,22,24)/t15-/m0/s1. The van der Waals surface area contributed by atoms with Crippen molar-refractivity contribution in [1.82, 2.24) is 4.31 Å². The maximum absolute atomic E-state index is 13.0. The van der Waals surface area contributed by atoms with E-state index >= 15 is 0 Å². The third-order valence-corrected chi connectivity index (χ3v) is 8.49. The van der Waals surface area contributed by atoms with E-state index in [-0.39, 0.29) is 23.3 Å². The highest BCUT2D eigenvalue weighted by molar-refractivity contribution is 7.89. The number of ether oxygens (including phenoxy) is 1. The van der Waals surface area contributed by atoms with Crippen molar-refractivity contribution < 1.29 is 22.7 Å². The number of anilines is 1. The van der Waals surface area contributed by atoms with E-state index in [0.717, 1.165) is 12.0 Å². The molecule has 1 saturated heterocycles. The quantitative estimate of drug-likeness (QED) is 0.681. The number of esters is 1. The third kappa shape index (κ3) is 4.74. The van der Waals surface area contributed by atoms with Crippen LogP contribution in [-0.2, 0) is 26.0 Å². The van der Waals surface area contributed by atoms with Crippen molar-refractivity contribution in [3.63, 3.8) is 0 Å². The van der Waals surface area contributed by atoms with Crippen LogP contribution in [0.1, 0.15) is 39.9 Å². The van der Waals surface area contributed by atoms with Gasteiger partial charge >= 0.3 is 5.97 Å². The van der Waals surface area contributed by atoms with Gasteiger partial charge in [-0.3, -0.25) is 9.59 Å². The Bertz CT molecular complexity index is 1030. The van der Waals surface area contributed by atoms with Crippen molar-refractivity contribution in [3.05, 3.63) is 45.6 Å². The maximum Gasteiger partial charge on any atom is 0.309 e. The van der Waals surface area contributed by atoms with Crippen LogP contribution in [0.25, 0.3) is 0 Å². The lowest BCUT2D eigenvalue weighted by Gasteiger charge is -2.30. The van der Waals surface area contributed by atoms with Gasteiger partial charge < -0.3 is 10.1 Å². The molecule has 9 heteroatoms. The highest BCUT2D eigenvalue weighted by atomic mass is 32.2. The van der Waals surface area contributed by atoms with Gasteiger partial charge in [0.1, 0.15) is 0 Å². The summed E-state index contributed by atoms with van der Waals surface area (Å²) >= 11 is 1.46. The number of rotatable bonds is 6. The number of thiophene rings is 1. The number of nitrogens with zero attached hydrogens (tertiary/aromatic N) is 1. The van der Waals surface area contributed by atoms with Crippen LogP contribution in [0.2, 0.25) is 0 Å². The summed E-state index contributed by atoms with van der Waals surface area (Å²) in [6.07, 6.45) is 2.10. The number of methoxy groups -OCH3 is 1. The molecule has 1 N–H and O–H groups in total. The van der Waals surface area contributed by atoms with Crippen LogP contribution in [0.4, 0.5) is 5.69 Å². The van der Waals surface area contributed by atoms with Crippen molar-refractivity contribution in [2.75, 3.05) is 25.5 Å². The topological polar surface area (TPSA) is 92.8 Å². The zero-order chi connectivity index (χ0) is 21.9. The molecule has 1 aromatic carbocycles. The number of amides is 1. The first-order valence-corrected chi connectivity index (χ1v) is 12.1. The summed E-state index contributed by atoms with van der Waals surface area (Å²) < 4.78 is 32.0. The van der Waals surface area contributed by atoms with E-state index in [1.165, 1.54) is 39.8 Å². The molecule has 162 valence electrons. The Hall–Kier alpha value is -2.23. The summed E-state index contributed by atoms with van der Waals surface area (Å²) in [5.74, 6) is -1.04. The summed E-state index contributed by atoms with van der Waals surface area (Å²) in [5.41, 5.74) is 1.62. The molecule has 1 atom stereocenters. The van der Waals surface area contributed by atoms with Crippen LogP contribution < -0.4 is 5.32 Å². The number of sulfonamides is 1. The molecule has 1 aliphatic rings. The molecule has 1 fully saturated rings. The van der Waals surface area contributed by atoms with Gasteiger partial charge in [0, 0.05) is 23.7 Å². The minimum Gasteiger partial charge on any atom is -0.469 e. The maximum atomic E-state index is 13.0. The Morgan fingerprint density at radius 2 is 1.97 bits per heavy atom. The zero-order valence-corrected chi connectivity index (χ0v) is 18.9. The summed E-state index contributed by atoms with van der Waals surface area (Å²) in [6, 6.07) is 7.97. The largest absolute Gasteiger partial charge is 0.469 e. The first-order valence-electron chi connectivity index (χ1n) is 9.85. The lowest BCUT2D eigenvalue weighted by Crippen LogP contribution is -2.42. The number of aryl methyl sites for hydroxylation is 2. The fourth-order valence-electron chi connectivity index (χ4n) is 3.55. The van der Waals surface area contributed by atoms with Gasteiger partial charge in [-0.25, -0.2) is 8.42 Å². The summed E-state index contributed by atoms with van der Waals surface area (Å²) in [4.78, 5) is 26.2. The SMILES string of the molecule is CCc1sc(C(=O)Nc2ccc(S(=O)(=O)N3CCC[C@H](C(=O)OC)C3)cc2)cc1C. The molecule has 0 spiro atoms. The molecule has 0 unspecified atom stereocenters. The van der Waals surface area contributed by atoms with Gasteiger partial charge in [0.05, 0.1) is 22.8 Å². The summed E-state index contributed by atoms with van der Waals surface area (Å²) in [5, 5.41) is 2.81. The van der Waals surface area contributed by atoms with E-state index in [4.69, 9.17) is 4.74 Å². The van der Waals surface area contributed by atoms with Gasteiger partial charge in [-0.15, -0.1) is 11.3 Å². The molecular formula is C21H26N2O5S2. The molecule has 3 rings (SSSR count). The Labute approximate surface area is 181 Å². The van der Waals surface area contributed by atoms with E-state index in [2.05, 4.69) is 12.2 Å². The zero-order valence-electron chi connectivity index (χ0n) is 17.3. The second-order valence-electron chi connectivity index (χ2n) is 7.27. The van der Waals surface area contributed by atoms with Gasteiger partial charge in [0.25, 0.3) is 5.91 Å². The highest BCUT2D eigenvalue weighted by Gasteiger charge is 2.33. The normalized spacial score (nSPS) is 17.5. The Morgan fingerprint density at radius 3 is 2.57 bits per heavy atom. The fourth-order valence-corrected chi connectivity index (χ4v) is 6.09. The second-order valence-corrected chi connectivity index (χ2v) is 10.3. The average molecular weight is 451 g/mol. The summed E-state index contributed by atoms with van der Waals surface area (Å²) in [7, 11) is -2.42. The molecule has 0 aliphatic carbocycles. The van der Waals surface area contributed by atoms with Crippen LogP contribution in [-0.4, -0.2) is 44.8 Å². The van der Waals surface area contributed by atoms with Gasteiger partial charge in [-0.05, 0) is 62.1 Å².